The van der Waals surface area contributed by atoms with Crippen LogP contribution < -0.4 is 5.73 Å². The summed E-state index contributed by atoms with van der Waals surface area (Å²) < 4.78 is 1.79. The lowest BCUT2D eigenvalue weighted by atomic mass is 10.2. The minimum Gasteiger partial charge on any atom is -0.369 e. The Labute approximate surface area is 158 Å². The molecule has 3 rings (SSSR count). The number of pyridine rings is 1. The van der Waals surface area contributed by atoms with Crippen molar-refractivity contribution in [2.24, 2.45) is 5.73 Å². The molecule has 0 fully saturated rings. The highest BCUT2D eigenvalue weighted by Crippen LogP contribution is 2.32. The normalized spacial score (nSPS) is 12.1. The lowest BCUT2D eigenvalue weighted by Gasteiger charge is -2.12. The Morgan fingerprint density at radius 3 is 2.68 bits per heavy atom. The maximum absolute atomic E-state index is 11.4. The molecule has 128 valence electrons. The van der Waals surface area contributed by atoms with Gasteiger partial charge in [-0.3, -0.25) is 14.3 Å². The van der Waals surface area contributed by atoms with E-state index in [0.29, 0.717) is 21.0 Å². The monoisotopic (exact) mass is 393 g/mol. The molecule has 9 heteroatoms. The van der Waals surface area contributed by atoms with E-state index in [0.717, 1.165) is 11.3 Å². The number of halogens is 2. The Hall–Kier alpha value is -2.09. The lowest BCUT2D eigenvalue weighted by Crippen LogP contribution is -2.23. The van der Waals surface area contributed by atoms with Gasteiger partial charge in [0.15, 0.2) is 11.0 Å². The summed E-state index contributed by atoms with van der Waals surface area (Å²) in [6.07, 6.45) is 3.36. The average Bonchev–Trinajstić information content (AvgIpc) is 3.01. The van der Waals surface area contributed by atoms with E-state index in [9.17, 15) is 4.79 Å². The first-order valence-electron chi connectivity index (χ1n) is 7.24. The fourth-order valence-corrected chi connectivity index (χ4v) is 3.21. The van der Waals surface area contributed by atoms with E-state index in [-0.39, 0.29) is 0 Å². The number of thioether (sulfide) groups is 1. The summed E-state index contributed by atoms with van der Waals surface area (Å²) in [5.74, 6) is 0.141. The number of carbonyl (C=O) groups excluding carboxylic acids is 1. The summed E-state index contributed by atoms with van der Waals surface area (Å²) in [6, 6.07) is 8.89. The SMILES string of the molecule is CC(Sc1nnc(-c2cccnc2)n1-c1ccc(Cl)c(Cl)c1)C(N)=O. The average molecular weight is 394 g/mol. The van der Waals surface area contributed by atoms with Crippen molar-refractivity contribution >= 4 is 40.9 Å². The molecule has 2 N–H and O–H groups in total. The van der Waals surface area contributed by atoms with Gasteiger partial charge >= 0.3 is 0 Å². The second kappa shape index (κ2) is 7.43. The van der Waals surface area contributed by atoms with E-state index < -0.39 is 11.2 Å². The van der Waals surface area contributed by atoms with Crippen LogP contribution in [0.5, 0.6) is 0 Å². The molecule has 2 heterocycles. The molecule has 0 bridgehead atoms. The Morgan fingerprint density at radius 1 is 1.24 bits per heavy atom. The highest BCUT2D eigenvalue weighted by molar-refractivity contribution is 8.00. The maximum atomic E-state index is 11.4. The predicted octanol–water partition coefficient (Wildman–Crippen LogP) is 3.60. The fourth-order valence-electron chi connectivity index (χ4n) is 2.10. The largest absolute Gasteiger partial charge is 0.369 e. The number of aromatic nitrogens is 4. The molecular weight excluding hydrogens is 381 g/mol. The molecule has 2 aromatic heterocycles. The van der Waals surface area contributed by atoms with Gasteiger partial charge in [0.1, 0.15) is 0 Å². The van der Waals surface area contributed by atoms with E-state index >= 15 is 0 Å². The molecular formula is C16H13Cl2N5OS. The van der Waals surface area contributed by atoms with E-state index in [1.54, 1.807) is 42.1 Å². The van der Waals surface area contributed by atoms with Gasteiger partial charge in [-0.15, -0.1) is 10.2 Å². The minimum absolute atomic E-state index is 0.406. The maximum Gasteiger partial charge on any atom is 0.230 e. The van der Waals surface area contributed by atoms with Crippen LogP contribution in [0.1, 0.15) is 6.92 Å². The Bertz CT molecular complexity index is 916. The van der Waals surface area contributed by atoms with Crippen molar-refractivity contribution in [1.82, 2.24) is 19.7 Å². The molecule has 1 amide bonds. The number of amides is 1. The second-order valence-corrected chi connectivity index (χ2v) is 7.27. The number of hydrogen-bond donors (Lipinski definition) is 1. The summed E-state index contributed by atoms with van der Waals surface area (Å²) in [7, 11) is 0. The summed E-state index contributed by atoms with van der Waals surface area (Å²) in [5, 5.41) is 9.36. The van der Waals surface area contributed by atoms with Gasteiger partial charge in [0.25, 0.3) is 0 Å². The molecule has 0 radical (unpaired) electrons. The van der Waals surface area contributed by atoms with Crippen molar-refractivity contribution in [1.29, 1.82) is 0 Å². The van der Waals surface area contributed by atoms with E-state index in [4.69, 9.17) is 28.9 Å². The van der Waals surface area contributed by atoms with Crippen molar-refractivity contribution in [2.75, 3.05) is 0 Å². The molecule has 0 aliphatic carbocycles. The van der Waals surface area contributed by atoms with Crippen LogP contribution in [0.4, 0.5) is 0 Å². The first-order valence-corrected chi connectivity index (χ1v) is 8.88. The van der Waals surface area contributed by atoms with Crippen LogP contribution in [0.2, 0.25) is 10.0 Å². The smallest absolute Gasteiger partial charge is 0.230 e. The van der Waals surface area contributed by atoms with Gasteiger partial charge in [0.05, 0.1) is 21.0 Å². The number of rotatable bonds is 5. The summed E-state index contributed by atoms with van der Waals surface area (Å²) in [4.78, 5) is 15.5. The molecule has 0 aliphatic heterocycles. The lowest BCUT2D eigenvalue weighted by molar-refractivity contribution is -0.117. The van der Waals surface area contributed by atoms with Crippen molar-refractivity contribution < 1.29 is 4.79 Å². The molecule has 3 aromatic rings. The van der Waals surface area contributed by atoms with Gasteiger partial charge in [-0.05, 0) is 37.3 Å². The number of carbonyl (C=O) groups is 1. The van der Waals surface area contributed by atoms with Crippen LogP contribution in [0.3, 0.4) is 0 Å². The number of primary amides is 1. The Balaban J connectivity index is 2.15. The minimum atomic E-state index is -0.465. The Kier molecular flexibility index (Phi) is 5.27. The summed E-state index contributed by atoms with van der Waals surface area (Å²) >= 11 is 13.4. The van der Waals surface area contributed by atoms with Crippen LogP contribution in [0, 0.1) is 0 Å². The summed E-state index contributed by atoms with van der Waals surface area (Å²) in [5.41, 5.74) is 6.87. The first-order chi connectivity index (χ1) is 12.0. The highest BCUT2D eigenvalue weighted by atomic mass is 35.5. The van der Waals surface area contributed by atoms with Gasteiger partial charge in [0, 0.05) is 18.0 Å². The molecule has 25 heavy (non-hydrogen) atoms. The zero-order valence-electron chi connectivity index (χ0n) is 13.1. The van der Waals surface area contributed by atoms with Crippen LogP contribution >= 0.6 is 35.0 Å². The van der Waals surface area contributed by atoms with Crippen molar-refractivity contribution in [3.63, 3.8) is 0 Å². The molecule has 1 unspecified atom stereocenters. The fraction of sp³-hybridized carbons (Fsp3) is 0.125. The molecule has 0 aliphatic rings. The van der Waals surface area contributed by atoms with E-state index in [1.807, 2.05) is 12.1 Å². The molecule has 0 spiro atoms. The predicted molar refractivity (Wildman–Crippen MR) is 99.1 cm³/mol. The molecule has 6 nitrogen and oxygen atoms in total. The number of hydrogen-bond acceptors (Lipinski definition) is 5. The van der Waals surface area contributed by atoms with Gasteiger partial charge in [-0.25, -0.2) is 0 Å². The standard InChI is InChI=1S/C16H13Cl2N5OS/c1-9(14(19)24)25-16-22-21-15(10-3-2-6-20-8-10)23(16)11-4-5-12(17)13(18)7-11/h2-9H,1H3,(H2,19,24). The zero-order chi connectivity index (χ0) is 18.0. The van der Waals surface area contributed by atoms with E-state index in [1.165, 1.54) is 11.8 Å². The summed E-state index contributed by atoms with van der Waals surface area (Å²) in [6.45, 7) is 1.71. The van der Waals surface area contributed by atoms with Crippen LogP contribution in [-0.2, 0) is 4.79 Å². The van der Waals surface area contributed by atoms with Crippen LogP contribution in [0.25, 0.3) is 17.1 Å². The third-order valence-corrected chi connectivity index (χ3v) is 5.20. The van der Waals surface area contributed by atoms with Crippen LogP contribution in [0.15, 0.2) is 47.9 Å². The second-order valence-electron chi connectivity index (χ2n) is 5.14. The van der Waals surface area contributed by atoms with Gasteiger partial charge in [0.2, 0.25) is 5.91 Å². The van der Waals surface area contributed by atoms with Crippen LogP contribution in [-0.4, -0.2) is 30.9 Å². The van der Waals surface area contributed by atoms with Crippen molar-refractivity contribution in [3.8, 4) is 17.1 Å². The first kappa shape index (κ1) is 17.7. The topological polar surface area (TPSA) is 86.7 Å². The number of benzene rings is 1. The van der Waals surface area contributed by atoms with E-state index in [2.05, 4.69) is 15.2 Å². The quantitative estimate of drug-likeness (QED) is 0.669. The highest BCUT2D eigenvalue weighted by Gasteiger charge is 2.21. The molecule has 0 saturated heterocycles. The van der Waals surface area contributed by atoms with Gasteiger partial charge in [-0.2, -0.15) is 0 Å². The van der Waals surface area contributed by atoms with Gasteiger partial charge < -0.3 is 5.73 Å². The third kappa shape index (κ3) is 3.78. The van der Waals surface area contributed by atoms with Gasteiger partial charge in [-0.1, -0.05) is 35.0 Å². The molecule has 1 atom stereocenters. The van der Waals surface area contributed by atoms with Crippen molar-refractivity contribution in [2.45, 2.75) is 17.3 Å². The van der Waals surface area contributed by atoms with Crippen molar-refractivity contribution in [3.05, 3.63) is 52.8 Å². The zero-order valence-corrected chi connectivity index (χ0v) is 15.4. The third-order valence-electron chi connectivity index (χ3n) is 3.40. The molecule has 1 aromatic carbocycles. The number of nitrogens with zero attached hydrogens (tertiary/aromatic N) is 4. The number of nitrogens with two attached hydrogens (primary N) is 1. The Morgan fingerprint density at radius 2 is 2.04 bits per heavy atom. The molecule has 0 saturated carbocycles.